The number of aromatic nitrogens is 6. The molecular formula is C34H30FN9O3. The van der Waals surface area contributed by atoms with Gasteiger partial charge in [0, 0.05) is 34.8 Å². The summed E-state index contributed by atoms with van der Waals surface area (Å²) in [5.74, 6) is -1.81. The first kappa shape index (κ1) is 29.7. The molecule has 1 saturated heterocycles. The van der Waals surface area contributed by atoms with Gasteiger partial charge in [-0.05, 0) is 49.2 Å². The Labute approximate surface area is 268 Å². The number of hydrogen-bond acceptors (Lipinski definition) is 7. The fourth-order valence-electron chi connectivity index (χ4n) is 6.22. The van der Waals surface area contributed by atoms with E-state index in [0.717, 1.165) is 33.6 Å². The van der Waals surface area contributed by atoms with Crippen LogP contribution >= 0.6 is 0 Å². The summed E-state index contributed by atoms with van der Waals surface area (Å²) in [5.41, 5.74) is 12.1. The number of aryl methyl sites for hydroxylation is 2. The average Bonchev–Trinajstić information content (AvgIpc) is 3.75. The molecule has 12 nitrogen and oxygen atoms in total. The maximum atomic E-state index is 14.9. The van der Waals surface area contributed by atoms with Gasteiger partial charge in [-0.15, -0.1) is 0 Å². The number of nitrogens with one attached hydrogen (secondary N) is 1. The lowest BCUT2D eigenvalue weighted by molar-refractivity contribution is -0.137. The number of fused-ring (bicyclic) bond motifs is 2. The van der Waals surface area contributed by atoms with E-state index in [1.54, 1.807) is 42.7 Å². The zero-order valence-electron chi connectivity index (χ0n) is 25.6. The van der Waals surface area contributed by atoms with Crippen LogP contribution in [0.3, 0.4) is 0 Å². The highest BCUT2D eigenvalue weighted by atomic mass is 19.1. The molecule has 2 aromatic carbocycles. The molecule has 47 heavy (non-hydrogen) atoms. The number of anilines is 1. The second-order valence-corrected chi connectivity index (χ2v) is 11.7. The molecule has 4 aromatic heterocycles. The largest absolute Gasteiger partial charge is 0.364 e. The Hall–Kier alpha value is -5.98. The average molecular weight is 632 g/mol. The van der Waals surface area contributed by atoms with Crippen LogP contribution in [-0.2, 0) is 16.1 Å². The molecule has 0 aliphatic carbocycles. The SMILES string of the molecule is Cc1cc(NC(=O)C2CC(F)CN2C(=O)Cn2nc(C(N)=O)c3cc(-c4ccnnc4)ccc32)c2nc(-c3ccccc3)c(C)n2c1. The van der Waals surface area contributed by atoms with Gasteiger partial charge in [0.25, 0.3) is 5.91 Å². The number of benzene rings is 2. The van der Waals surface area contributed by atoms with Crippen molar-refractivity contribution in [3.8, 4) is 22.4 Å². The minimum Gasteiger partial charge on any atom is -0.364 e. The Morgan fingerprint density at radius 2 is 1.81 bits per heavy atom. The summed E-state index contributed by atoms with van der Waals surface area (Å²) in [6.07, 6.45) is 3.53. The summed E-state index contributed by atoms with van der Waals surface area (Å²) in [6.45, 7) is 3.29. The van der Waals surface area contributed by atoms with E-state index in [0.29, 0.717) is 22.2 Å². The van der Waals surface area contributed by atoms with Crippen LogP contribution in [-0.4, -0.2) is 70.7 Å². The van der Waals surface area contributed by atoms with Crippen LogP contribution in [0, 0.1) is 13.8 Å². The van der Waals surface area contributed by atoms with Gasteiger partial charge in [-0.2, -0.15) is 15.3 Å². The van der Waals surface area contributed by atoms with Crippen molar-refractivity contribution in [1.29, 1.82) is 0 Å². The number of hydrogen-bond donors (Lipinski definition) is 2. The fraction of sp³-hybridized carbons (Fsp3) is 0.206. The van der Waals surface area contributed by atoms with Gasteiger partial charge in [0.15, 0.2) is 11.3 Å². The van der Waals surface area contributed by atoms with Crippen molar-refractivity contribution in [2.45, 2.75) is 39.0 Å². The van der Waals surface area contributed by atoms with Crippen LogP contribution in [0.2, 0.25) is 0 Å². The van der Waals surface area contributed by atoms with Crippen molar-refractivity contribution in [1.82, 2.24) is 34.3 Å². The number of amides is 3. The van der Waals surface area contributed by atoms with E-state index in [4.69, 9.17) is 10.7 Å². The normalized spacial score (nSPS) is 16.2. The fourth-order valence-corrected chi connectivity index (χ4v) is 6.22. The van der Waals surface area contributed by atoms with E-state index in [2.05, 4.69) is 20.6 Å². The molecule has 1 aliphatic rings. The lowest BCUT2D eigenvalue weighted by Crippen LogP contribution is -2.44. The lowest BCUT2D eigenvalue weighted by atomic mass is 10.0. The molecule has 2 unspecified atom stereocenters. The van der Waals surface area contributed by atoms with Crippen molar-refractivity contribution < 1.29 is 18.8 Å². The molecule has 0 bridgehead atoms. The number of imidazole rings is 1. The summed E-state index contributed by atoms with van der Waals surface area (Å²) in [4.78, 5) is 45.8. The molecule has 2 atom stereocenters. The van der Waals surface area contributed by atoms with Crippen LogP contribution in [0.25, 0.3) is 38.9 Å². The molecular weight excluding hydrogens is 601 g/mol. The Morgan fingerprint density at radius 3 is 2.55 bits per heavy atom. The van der Waals surface area contributed by atoms with Crippen LogP contribution in [0.1, 0.15) is 28.2 Å². The topological polar surface area (TPSA) is 153 Å². The molecule has 0 radical (unpaired) electrons. The van der Waals surface area contributed by atoms with Gasteiger partial charge in [-0.1, -0.05) is 36.4 Å². The first-order valence-corrected chi connectivity index (χ1v) is 15.0. The maximum absolute atomic E-state index is 14.9. The van der Waals surface area contributed by atoms with Crippen molar-refractivity contribution >= 4 is 40.0 Å². The molecule has 0 spiro atoms. The molecule has 7 rings (SSSR count). The summed E-state index contributed by atoms with van der Waals surface area (Å²) < 4.78 is 18.1. The maximum Gasteiger partial charge on any atom is 0.269 e. The monoisotopic (exact) mass is 631 g/mol. The van der Waals surface area contributed by atoms with Crippen LogP contribution < -0.4 is 11.1 Å². The standard InChI is InChI=1S/C34H30FN9O3/c1-19-12-26(33-40-30(20(2)42(33)16-19)21-6-4-3-5-7-21)39-34(47)28-14-24(35)17-43(28)29(45)18-44-27-9-8-22(23-10-11-37-38-15-23)13-25(27)31(41-44)32(36)46/h3-13,15-16,24,28H,14,17-18H2,1-2H3,(H2,36,46)(H,39,47). The van der Waals surface area contributed by atoms with Gasteiger partial charge in [-0.3, -0.25) is 19.1 Å². The molecule has 3 amide bonds. The molecule has 1 fully saturated rings. The minimum atomic E-state index is -1.39. The quantitative estimate of drug-likeness (QED) is 0.269. The van der Waals surface area contributed by atoms with E-state index in [-0.39, 0.29) is 25.2 Å². The number of nitrogens with zero attached hydrogens (tertiary/aromatic N) is 7. The Balaban J connectivity index is 1.16. The zero-order chi connectivity index (χ0) is 32.8. The highest BCUT2D eigenvalue weighted by molar-refractivity contribution is 6.05. The minimum absolute atomic E-state index is 0.0101. The number of carbonyl (C=O) groups excluding carboxylic acids is 3. The number of rotatable bonds is 7. The summed E-state index contributed by atoms with van der Waals surface area (Å²) >= 11 is 0. The molecule has 3 N–H and O–H groups in total. The summed E-state index contributed by atoms with van der Waals surface area (Å²) in [6, 6.07) is 17.5. The van der Waals surface area contributed by atoms with E-state index in [9.17, 15) is 18.8 Å². The summed E-state index contributed by atoms with van der Waals surface area (Å²) in [5, 5.41) is 15.4. The highest BCUT2D eigenvalue weighted by Gasteiger charge is 2.40. The van der Waals surface area contributed by atoms with Crippen LogP contribution in [0.15, 0.2) is 79.3 Å². The Morgan fingerprint density at radius 1 is 1.00 bits per heavy atom. The number of nitrogens with two attached hydrogens (primary N) is 1. The third-order valence-corrected chi connectivity index (χ3v) is 8.46. The number of halogens is 1. The van der Waals surface area contributed by atoms with E-state index in [1.807, 2.05) is 54.8 Å². The highest BCUT2D eigenvalue weighted by Crippen LogP contribution is 2.30. The Bertz CT molecular complexity index is 2180. The predicted molar refractivity (Wildman–Crippen MR) is 173 cm³/mol. The van der Waals surface area contributed by atoms with Crippen LogP contribution in [0.4, 0.5) is 10.1 Å². The molecule has 1 aliphatic heterocycles. The number of pyridine rings is 1. The number of likely N-dealkylation sites (tertiary alicyclic amines) is 1. The van der Waals surface area contributed by atoms with Gasteiger partial charge in [-0.25, -0.2) is 9.37 Å². The lowest BCUT2D eigenvalue weighted by Gasteiger charge is -2.24. The van der Waals surface area contributed by atoms with Crippen molar-refractivity contribution in [2.75, 3.05) is 11.9 Å². The van der Waals surface area contributed by atoms with Gasteiger partial charge >= 0.3 is 0 Å². The van der Waals surface area contributed by atoms with Gasteiger partial charge in [0.05, 0.1) is 35.8 Å². The van der Waals surface area contributed by atoms with Gasteiger partial charge in [0.1, 0.15) is 18.8 Å². The van der Waals surface area contributed by atoms with E-state index in [1.165, 1.54) is 9.58 Å². The van der Waals surface area contributed by atoms with Crippen molar-refractivity contribution in [3.05, 3.63) is 96.2 Å². The smallest absolute Gasteiger partial charge is 0.269 e. The first-order chi connectivity index (χ1) is 22.7. The number of alkyl halides is 1. The molecule has 13 heteroatoms. The molecule has 0 saturated carbocycles. The van der Waals surface area contributed by atoms with Crippen molar-refractivity contribution in [2.24, 2.45) is 5.73 Å². The van der Waals surface area contributed by atoms with E-state index < -0.39 is 29.9 Å². The third-order valence-electron chi connectivity index (χ3n) is 8.46. The predicted octanol–water partition coefficient (Wildman–Crippen LogP) is 4.10. The Kier molecular flexibility index (Phi) is 7.43. The van der Waals surface area contributed by atoms with Crippen LogP contribution in [0.5, 0.6) is 0 Å². The zero-order valence-corrected chi connectivity index (χ0v) is 25.6. The number of carbonyl (C=O) groups is 3. The molecule has 5 heterocycles. The molecule has 6 aromatic rings. The second kappa shape index (κ2) is 11.7. The summed E-state index contributed by atoms with van der Waals surface area (Å²) in [7, 11) is 0. The van der Waals surface area contributed by atoms with Gasteiger partial charge in [0.2, 0.25) is 11.8 Å². The molecule has 236 valence electrons. The van der Waals surface area contributed by atoms with Crippen molar-refractivity contribution in [3.63, 3.8) is 0 Å². The van der Waals surface area contributed by atoms with Gasteiger partial charge < -0.3 is 20.4 Å². The first-order valence-electron chi connectivity index (χ1n) is 15.0. The van der Waals surface area contributed by atoms with E-state index >= 15 is 0 Å². The second-order valence-electron chi connectivity index (χ2n) is 11.7. The number of primary amides is 1. The third kappa shape index (κ3) is 5.45.